The highest BCUT2D eigenvalue weighted by Gasteiger charge is 2.31. The number of nitrogens with one attached hydrogen (secondary N) is 2. The van der Waals surface area contributed by atoms with Crippen molar-refractivity contribution in [2.75, 3.05) is 58.2 Å². The molecule has 5 rings (SSSR count). The first kappa shape index (κ1) is 39.4. The summed E-state index contributed by atoms with van der Waals surface area (Å²) in [6.07, 6.45) is -0.299. The molecule has 284 valence electrons. The van der Waals surface area contributed by atoms with Gasteiger partial charge in [0.15, 0.2) is 0 Å². The number of hydrogen-bond acceptors (Lipinski definition) is 8. The number of carboxylic acids is 1. The lowest BCUT2D eigenvalue weighted by Gasteiger charge is -2.26. The van der Waals surface area contributed by atoms with Gasteiger partial charge in [0.25, 0.3) is 5.91 Å². The average Bonchev–Trinajstić information content (AvgIpc) is 3.55. The van der Waals surface area contributed by atoms with Crippen LogP contribution in [-0.4, -0.2) is 86.7 Å². The zero-order chi connectivity index (χ0) is 37.6. The van der Waals surface area contributed by atoms with Crippen molar-refractivity contribution >= 4 is 34.3 Å². The second-order valence-electron chi connectivity index (χ2n) is 12.5. The molecule has 0 atom stereocenters. The average molecular weight is 741 g/mol. The number of carbonyl (C=O) groups is 3. The van der Waals surface area contributed by atoms with Gasteiger partial charge in [-0.2, -0.15) is 13.2 Å². The molecule has 0 bridgehead atoms. The number of benzene rings is 3. The van der Waals surface area contributed by atoms with E-state index in [1.807, 2.05) is 6.07 Å². The van der Waals surface area contributed by atoms with Gasteiger partial charge in [-0.05, 0) is 86.2 Å². The molecule has 0 spiro atoms. The summed E-state index contributed by atoms with van der Waals surface area (Å²) in [7, 11) is 0. The number of aliphatic carboxylic acids is 1. The van der Waals surface area contributed by atoms with Gasteiger partial charge in [-0.15, -0.1) is 0 Å². The van der Waals surface area contributed by atoms with Crippen LogP contribution in [0.1, 0.15) is 69.6 Å². The Bertz CT molecular complexity index is 1840. The number of aromatic nitrogens is 1. The molecule has 0 unspecified atom stereocenters. The van der Waals surface area contributed by atoms with Crippen molar-refractivity contribution in [1.82, 2.24) is 4.98 Å². The number of ether oxygens (including phenoxy) is 5. The molecule has 0 saturated heterocycles. The van der Waals surface area contributed by atoms with E-state index in [0.717, 1.165) is 37.0 Å². The van der Waals surface area contributed by atoms with Crippen LogP contribution < -0.4 is 10.1 Å². The Labute approximate surface area is 304 Å². The van der Waals surface area contributed by atoms with E-state index in [0.29, 0.717) is 75.8 Å². The number of aryl methyl sites for hydroxylation is 1. The lowest BCUT2D eigenvalue weighted by atomic mass is 9.96. The van der Waals surface area contributed by atoms with Crippen LogP contribution in [0.4, 0.5) is 18.9 Å². The van der Waals surface area contributed by atoms with E-state index in [2.05, 4.69) is 10.3 Å². The first-order valence-corrected chi connectivity index (χ1v) is 17.6. The van der Waals surface area contributed by atoms with Crippen LogP contribution in [-0.2, 0) is 36.3 Å². The van der Waals surface area contributed by atoms with Gasteiger partial charge in [0, 0.05) is 23.1 Å². The third-order valence-electron chi connectivity index (χ3n) is 8.55. The van der Waals surface area contributed by atoms with Crippen LogP contribution in [0.15, 0.2) is 66.7 Å². The second-order valence-corrected chi connectivity index (χ2v) is 12.5. The normalized spacial score (nSPS) is 13.2. The number of rotatable bonds is 22. The Morgan fingerprint density at radius 1 is 0.811 bits per heavy atom. The molecule has 1 aromatic heterocycles. The molecule has 0 aliphatic heterocycles. The quantitative estimate of drug-likeness (QED) is 0.0569. The fourth-order valence-electron chi connectivity index (χ4n) is 5.51. The molecule has 1 aliphatic rings. The maximum Gasteiger partial charge on any atom is 0.416 e. The smallest absolute Gasteiger partial charge is 0.416 e. The molecule has 1 fully saturated rings. The summed E-state index contributed by atoms with van der Waals surface area (Å²) >= 11 is 0. The number of H-pyrrole nitrogens is 1. The van der Waals surface area contributed by atoms with E-state index in [9.17, 15) is 27.6 Å². The highest BCUT2D eigenvalue weighted by atomic mass is 19.4. The lowest BCUT2D eigenvalue weighted by molar-refractivity contribution is -0.138. The standard InChI is InChI=1S/C39H43F3N2O9/c40-39(41,42)29-10-9-27-23-35(43-34(27)24-29)37(47)32-25-31(53-30-7-2-8-30)11-12-33(32)44-38(48)28-6-1-4-26(22-28)5-3-14-49-16-18-51-20-21-52-19-17-50-15-13-36(45)46/h1,4,6,9-12,22-25,30,43H,2-3,5,7-8,13-21H2,(H,44,48)(H,45,46). The van der Waals surface area contributed by atoms with Gasteiger partial charge >= 0.3 is 12.1 Å². The Balaban J connectivity index is 1.11. The molecule has 3 N–H and O–H groups in total. The zero-order valence-electron chi connectivity index (χ0n) is 29.2. The summed E-state index contributed by atoms with van der Waals surface area (Å²) in [5.41, 5.74) is 1.12. The molecule has 3 aromatic carbocycles. The van der Waals surface area contributed by atoms with Crippen LogP contribution in [0.3, 0.4) is 0 Å². The zero-order valence-corrected chi connectivity index (χ0v) is 29.2. The maximum atomic E-state index is 13.8. The van der Waals surface area contributed by atoms with Gasteiger partial charge in [-0.3, -0.25) is 14.4 Å². The molecule has 1 heterocycles. The summed E-state index contributed by atoms with van der Waals surface area (Å²) in [5, 5.41) is 11.8. The Kier molecular flexibility index (Phi) is 14.4. The summed E-state index contributed by atoms with van der Waals surface area (Å²) < 4.78 is 67.6. The number of hydrogen-bond donors (Lipinski definition) is 3. The monoisotopic (exact) mass is 740 g/mol. The van der Waals surface area contributed by atoms with Crippen molar-refractivity contribution in [2.24, 2.45) is 0 Å². The molecule has 11 nitrogen and oxygen atoms in total. The van der Waals surface area contributed by atoms with Gasteiger partial charge in [-0.25, -0.2) is 0 Å². The summed E-state index contributed by atoms with van der Waals surface area (Å²) in [4.78, 5) is 40.5. The van der Waals surface area contributed by atoms with E-state index in [1.54, 1.807) is 36.4 Å². The van der Waals surface area contributed by atoms with Crippen LogP contribution >= 0.6 is 0 Å². The van der Waals surface area contributed by atoms with Gasteiger partial charge < -0.3 is 39.1 Å². The number of anilines is 1. The third-order valence-corrected chi connectivity index (χ3v) is 8.55. The number of ketones is 1. The minimum atomic E-state index is -4.53. The SMILES string of the molecule is O=C(O)CCOCCOCCOCCOCCCc1cccc(C(=O)Nc2ccc(OC3CCC3)cc2C(=O)c2cc3ccc(C(F)(F)F)cc3[nH]2)c1. The maximum absolute atomic E-state index is 13.8. The fourth-order valence-corrected chi connectivity index (χ4v) is 5.51. The van der Waals surface area contributed by atoms with Gasteiger partial charge in [0.1, 0.15) is 5.75 Å². The molecule has 53 heavy (non-hydrogen) atoms. The highest BCUT2D eigenvalue weighted by molar-refractivity contribution is 6.16. The van der Waals surface area contributed by atoms with E-state index in [1.165, 1.54) is 12.1 Å². The van der Waals surface area contributed by atoms with Crippen molar-refractivity contribution in [3.63, 3.8) is 0 Å². The van der Waals surface area contributed by atoms with Gasteiger partial charge in [-0.1, -0.05) is 18.2 Å². The van der Waals surface area contributed by atoms with Crippen molar-refractivity contribution < 1.29 is 56.3 Å². The number of carbonyl (C=O) groups excluding carboxylic acids is 2. The molecule has 1 aliphatic carbocycles. The summed E-state index contributed by atoms with van der Waals surface area (Å²) in [5.74, 6) is -1.37. The number of amides is 1. The second kappa shape index (κ2) is 19.4. The van der Waals surface area contributed by atoms with Crippen LogP contribution in [0.2, 0.25) is 0 Å². The molecule has 1 saturated carbocycles. The summed E-state index contributed by atoms with van der Waals surface area (Å²) in [6, 6.07) is 16.7. The molecular formula is C39H43F3N2O9. The molecule has 4 aromatic rings. The topological polar surface area (TPSA) is 145 Å². The van der Waals surface area contributed by atoms with Crippen LogP contribution in [0.5, 0.6) is 5.75 Å². The first-order valence-electron chi connectivity index (χ1n) is 17.6. The van der Waals surface area contributed by atoms with E-state index < -0.39 is 29.4 Å². The van der Waals surface area contributed by atoms with Crippen molar-refractivity contribution in [1.29, 1.82) is 0 Å². The predicted molar refractivity (Wildman–Crippen MR) is 190 cm³/mol. The van der Waals surface area contributed by atoms with Crippen LogP contribution in [0, 0.1) is 0 Å². The van der Waals surface area contributed by atoms with Crippen molar-refractivity contribution in [3.8, 4) is 5.75 Å². The molecule has 1 amide bonds. The fraction of sp³-hybridized carbons (Fsp3) is 0.410. The van der Waals surface area contributed by atoms with Gasteiger partial charge in [0.2, 0.25) is 5.78 Å². The molecular weight excluding hydrogens is 697 g/mol. The molecule has 14 heteroatoms. The minimum Gasteiger partial charge on any atom is -0.490 e. The van der Waals surface area contributed by atoms with Crippen molar-refractivity contribution in [3.05, 3.63) is 94.7 Å². The Morgan fingerprint density at radius 3 is 2.17 bits per heavy atom. The van der Waals surface area contributed by atoms with Crippen molar-refractivity contribution in [2.45, 2.75) is 50.8 Å². The van der Waals surface area contributed by atoms with E-state index >= 15 is 0 Å². The Morgan fingerprint density at radius 2 is 1.51 bits per heavy atom. The first-order chi connectivity index (χ1) is 25.6. The summed E-state index contributed by atoms with van der Waals surface area (Å²) in [6.45, 7) is 2.95. The Hall–Kier alpha value is -4.76. The number of fused-ring (bicyclic) bond motifs is 1. The highest BCUT2D eigenvalue weighted by Crippen LogP contribution is 2.33. The third kappa shape index (κ3) is 12.1. The predicted octanol–water partition coefficient (Wildman–Crippen LogP) is 7.08. The largest absolute Gasteiger partial charge is 0.490 e. The number of carboxylic acid groups (broad SMARTS) is 1. The number of halogens is 3. The number of alkyl halides is 3. The van der Waals surface area contributed by atoms with E-state index in [4.69, 9.17) is 28.8 Å². The lowest BCUT2D eigenvalue weighted by Crippen LogP contribution is -2.24. The molecule has 0 radical (unpaired) electrons. The van der Waals surface area contributed by atoms with Crippen LogP contribution in [0.25, 0.3) is 10.9 Å². The van der Waals surface area contributed by atoms with Gasteiger partial charge in [0.05, 0.1) is 81.3 Å². The number of aromatic amines is 1. The van der Waals surface area contributed by atoms with E-state index in [-0.39, 0.29) is 41.6 Å². The minimum absolute atomic E-state index is 0.0369.